The van der Waals surface area contributed by atoms with Crippen LogP contribution in [0.25, 0.3) is 231 Å². The molecule has 6 heteroatoms. The average molecular weight is 1550 g/mol. The minimum Gasteiger partial charge on any atom is -0.309 e. The first kappa shape index (κ1) is 68.9. The third-order valence-electron chi connectivity index (χ3n) is 25.6. The molecule has 0 spiro atoms. The zero-order chi connectivity index (χ0) is 80.0. The summed E-state index contributed by atoms with van der Waals surface area (Å²) < 4.78 is 14.6. The summed E-state index contributed by atoms with van der Waals surface area (Å²) in [5, 5.41) is 19.8. The van der Waals surface area contributed by atoms with E-state index in [2.05, 4.69) is 476 Å². The Morgan fingerprint density at radius 2 is 0.336 bits per heavy atom. The van der Waals surface area contributed by atoms with E-state index < -0.39 is 0 Å². The number of aromatic nitrogens is 6. The number of fused-ring (bicyclic) bond motifs is 20. The molecule has 0 saturated carbocycles. The van der Waals surface area contributed by atoms with E-state index in [1.807, 2.05) is 0 Å². The summed E-state index contributed by atoms with van der Waals surface area (Å²) >= 11 is 0. The summed E-state index contributed by atoms with van der Waals surface area (Å²) in [5.74, 6) is 0. The molecular formula is C116H74N6. The molecule has 0 amide bonds. The van der Waals surface area contributed by atoms with Crippen molar-refractivity contribution < 1.29 is 0 Å². The Morgan fingerprint density at radius 1 is 0.107 bits per heavy atom. The van der Waals surface area contributed by atoms with Crippen LogP contribution in [0.4, 0.5) is 0 Å². The molecule has 0 radical (unpaired) electrons. The van der Waals surface area contributed by atoms with Gasteiger partial charge in [0.05, 0.1) is 77.6 Å². The quantitative estimate of drug-likeness (QED) is 0.131. The van der Waals surface area contributed by atoms with Gasteiger partial charge in [-0.05, 0) is 213 Å². The Hall–Kier alpha value is -16.3. The lowest BCUT2D eigenvalue weighted by atomic mass is 10.00. The molecule has 6 aromatic heterocycles. The molecule has 0 N–H and O–H groups in total. The number of hydrogen-bond donors (Lipinski definition) is 0. The molecule has 26 rings (SSSR count). The molecule has 568 valence electrons. The highest BCUT2D eigenvalue weighted by atomic mass is 15.0. The highest BCUT2D eigenvalue weighted by molar-refractivity contribution is 6.23. The molecule has 122 heavy (non-hydrogen) atoms. The SMILES string of the molecule is c1ccc(-c2ccc(-n3c4ccccc4c4cc(-c5ccc6c(c5)c5cc7c(cc5n6-c5cccc6ccccc56)c5ccccc5n7-c5ccccc5)ccc43)cc2)cc1.c1ccc(-c2ccc(-n3c4ccccc4c4cc(-c5ccc6c(c5)c5cc7c8ccccc8n(-c8ccccc8)c7cc5n6-c5cccc6ccccc56)ccc43)cc2)cc1. The van der Waals surface area contributed by atoms with Crippen molar-refractivity contribution >= 4 is 152 Å². The smallest absolute Gasteiger partial charge is 0.0562 e. The molecule has 0 saturated heterocycles. The van der Waals surface area contributed by atoms with Gasteiger partial charge >= 0.3 is 0 Å². The van der Waals surface area contributed by atoms with Crippen molar-refractivity contribution in [2.45, 2.75) is 0 Å². The fourth-order valence-corrected chi connectivity index (χ4v) is 20.1. The van der Waals surface area contributed by atoms with Crippen LogP contribution in [0.15, 0.2) is 449 Å². The molecule has 0 aliphatic rings. The van der Waals surface area contributed by atoms with Gasteiger partial charge in [-0.3, -0.25) is 0 Å². The first-order valence-electron chi connectivity index (χ1n) is 42.0. The largest absolute Gasteiger partial charge is 0.309 e. The van der Waals surface area contributed by atoms with Crippen LogP contribution >= 0.6 is 0 Å². The molecule has 6 heterocycles. The van der Waals surface area contributed by atoms with Crippen molar-refractivity contribution in [2.24, 2.45) is 0 Å². The molecule has 0 fully saturated rings. The molecule has 0 unspecified atom stereocenters. The lowest BCUT2D eigenvalue weighted by Crippen LogP contribution is -1.96. The van der Waals surface area contributed by atoms with E-state index in [1.54, 1.807) is 0 Å². The Morgan fingerprint density at radius 3 is 0.730 bits per heavy atom. The molecule has 20 aromatic carbocycles. The molecule has 0 aliphatic heterocycles. The third kappa shape index (κ3) is 10.8. The highest BCUT2D eigenvalue weighted by Gasteiger charge is 2.25. The van der Waals surface area contributed by atoms with Gasteiger partial charge in [0, 0.05) is 98.2 Å². The maximum Gasteiger partial charge on any atom is 0.0562 e. The Balaban J connectivity index is 0.000000134. The summed E-state index contributed by atoms with van der Waals surface area (Å²) in [6, 6.07) is 165. The molecule has 6 nitrogen and oxygen atoms in total. The number of benzene rings is 20. The van der Waals surface area contributed by atoms with E-state index in [9.17, 15) is 0 Å². The predicted molar refractivity (Wildman–Crippen MR) is 516 cm³/mol. The van der Waals surface area contributed by atoms with Crippen molar-refractivity contribution in [2.75, 3.05) is 0 Å². The van der Waals surface area contributed by atoms with E-state index >= 15 is 0 Å². The minimum absolute atomic E-state index is 1.15. The number of rotatable bonds is 10. The van der Waals surface area contributed by atoms with Crippen LogP contribution in [0.5, 0.6) is 0 Å². The van der Waals surface area contributed by atoms with Gasteiger partial charge < -0.3 is 27.4 Å². The predicted octanol–water partition coefficient (Wildman–Crippen LogP) is 30.9. The van der Waals surface area contributed by atoms with Crippen LogP contribution in [-0.4, -0.2) is 27.4 Å². The Kier molecular flexibility index (Phi) is 15.6. The van der Waals surface area contributed by atoms with E-state index in [4.69, 9.17) is 0 Å². The number of hydrogen-bond acceptors (Lipinski definition) is 0. The van der Waals surface area contributed by atoms with E-state index in [0.717, 1.165) is 22.7 Å². The van der Waals surface area contributed by atoms with Crippen LogP contribution in [0, 0.1) is 0 Å². The monoisotopic (exact) mass is 1550 g/mol. The van der Waals surface area contributed by atoms with Gasteiger partial charge in [-0.15, -0.1) is 0 Å². The van der Waals surface area contributed by atoms with E-state index in [-0.39, 0.29) is 0 Å². The van der Waals surface area contributed by atoms with Gasteiger partial charge in [-0.1, -0.05) is 291 Å². The van der Waals surface area contributed by atoms with Crippen LogP contribution < -0.4 is 0 Å². The van der Waals surface area contributed by atoms with Gasteiger partial charge in [0.1, 0.15) is 0 Å². The van der Waals surface area contributed by atoms with Crippen molar-refractivity contribution in [1.82, 2.24) is 27.4 Å². The lowest BCUT2D eigenvalue weighted by molar-refractivity contribution is 1.17. The summed E-state index contributed by atoms with van der Waals surface area (Å²) in [5.41, 5.74) is 31.0. The van der Waals surface area contributed by atoms with Gasteiger partial charge in [-0.2, -0.15) is 0 Å². The third-order valence-corrected chi connectivity index (χ3v) is 25.6. The van der Waals surface area contributed by atoms with Crippen molar-refractivity contribution in [3.63, 3.8) is 0 Å². The summed E-state index contributed by atoms with van der Waals surface area (Å²) in [6.45, 7) is 0. The molecule has 0 bridgehead atoms. The fourth-order valence-electron chi connectivity index (χ4n) is 20.1. The minimum atomic E-state index is 1.15. The molecular weight excluding hydrogens is 1480 g/mol. The normalized spacial score (nSPS) is 11.9. The molecule has 0 aliphatic carbocycles. The van der Waals surface area contributed by atoms with Crippen LogP contribution in [-0.2, 0) is 0 Å². The zero-order valence-electron chi connectivity index (χ0n) is 66.4. The maximum absolute atomic E-state index is 2.49. The summed E-state index contributed by atoms with van der Waals surface area (Å²) in [4.78, 5) is 0. The van der Waals surface area contributed by atoms with Crippen molar-refractivity contribution in [3.05, 3.63) is 449 Å². The fraction of sp³-hybridized carbons (Fsp3) is 0. The summed E-state index contributed by atoms with van der Waals surface area (Å²) in [6.07, 6.45) is 0. The Bertz CT molecular complexity index is 8690. The van der Waals surface area contributed by atoms with Crippen molar-refractivity contribution in [3.8, 4) is 78.6 Å². The van der Waals surface area contributed by atoms with E-state index in [1.165, 1.54) is 208 Å². The van der Waals surface area contributed by atoms with Gasteiger partial charge in [0.25, 0.3) is 0 Å². The standard InChI is InChI=1S/2C58H37N3/c1-3-14-38(15-4-1)39-26-30-44(31-27-39)59-53-23-11-9-21-46(53)48-34-41(28-32-55(48)59)42-29-33-56-49(35-42)51-37-57-50(47-22-10-12-24-54(47)60(57)43-18-5-2-6-19-43)36-58(51)61(56)52-25-13-17-40-16-7-8-20-45(40)52;1-3-14-38(15-4-1)39-26-30-44(31-27-39)59-53-23-11-9-21-46(53)48-34-41(28-32-55(48)59)42-29-33-56-49(35-42)51-36-50-47-22-10-12-24-54(47)60(43-18-5-2-6-19-43)57(50)37-58(51)61(56)52-25-13-17-40-16-7-8-20-45(40)52/h2*1-37H. The van der Waals surface area contributed by atoms with Crippen LogP contribution in [0.2, 0.25) is 0 Å². The van der Waals surface area contributed by atoms with Gasteiger partial charge in [-0.25, -0.2) is 0 Å². The Labute approximate surface area is 702 Å². The average Bonchev–Trinajstić information content (AvgIpc) is 1.55. The first-order chi connectivity index (χ1) is 60.5. The van der Waals surface area contributed by atoms with E-state index in [0.29, 0.717) is 0 Å². The first-order valence-corrected chi connectivity index (χ1v) is 42.0. The van der Waals surface area contributed by atoms with Crippen LogP contribution in [0.3, 0.4) is 0 Å². The van der Waals surface area contributed by atoms with Gasteiger partial charge in [0.15, 0.2) is 0 Å². The van der Waals surface area contributed by atoms with Crippen LogP contribution in [0.1, 0.15) is 0 Å². The summed E-state index contributed by atoms with van der Waals surface area (Å²) in [7, 11) is 0. The van der Waals surface area contributed by atoms with Gasteiger partial charge in [0.2, 0.25) is 0 Å². The lowest BCUT2D eigenvalue weighted by Gasteiger charge is -2.13. The molecule has 0 atom stereocenters. The highest BCUT2D eigenvalue weighted by Crippen LogP contribution is 2.47. The zero-order valence-corrected chi connectivity index (χ0v) is 66.4. The number of para-hydroxylation sites is 6. The number of nitrogens with zero attached hydrogens (tertiary/aromatic N) is 6. The maximum atomic E-state index is 2.49. The second-order valence-electron chi connectivity index (χ2n) is 32.3. The second kappa shape index (κ2) is 27.7. The van der Waals surface area contributed by atoms with Crippen molar-refractivity contribution in [1.29, 1.82) is 0 Å². The second-order valence-corrected chi connectivity index (χ2v) is 32.3. The topological polar surface area (TPSA) is 29.6 Å². The molecule has 26 aromatic rings.